The normalized spacial score (nSPS) is 26.0. The molecule has 4 heteroatoms. The van der Waals surface area contributed by atoms with Gasteiger partial charge < -0.3 is 14.9 Å². The third-order valence-electron chi connectivity index (χ3n) is 2.20. The number of nitrogens with zero attached hydrogens (tertiary/aromatic N) is 1. The summed E-state index contributed by atoms with van der Waals surface area (Å²) in [5.41, 5.74) is 0. The third kappa shape index (κ3) is 2.71. The Balaban J connectivity index is 2.31. The zero-order valence-corrected chi connectivity index (χ0v) is 7.28. The first-order valence-electron chi connectivity index (χ1n) is 4.42. The van der Waals surface area contributed by atoms with Crippen LogP contribution in [0.5, 0.6) is 0 Å². The molecule has 0 radical (unpaired) electrons. The van der Waals surface area contributed by atoms with E-state index >= 15 is 0 Å². The highest BCUT2D eigenvalue weighted by Gasteiger charge is 2.21. The molecule has 12 heavy (non-hydrogen) atoms. The third-order valence-corrected chi connectivity index (χ3v) is 2.20. The summed E-state index contributed by atoms with van der Waals surface area (Å²) in [5, 5.41) is 17.5. The summed E-state index contributed by atoms with van der Waals surface area (Å²) in [6, 6.07) is 0.288. The van der Waals surface area contributed by atoms with Crippen molar-refractivity contribution in [2.24, 2.45) is 0 Å². The lowest BCUT2D eigenvalue weighted by Gasteiger charge is -2.34. The standard InChI is InChI=1S/C8H17NO3/c10-4-1-8-7-12-6-3-9(8)2-5-11/h8,10-11H,1-7H2. The van der Waals surface area contributed by atoms with Crippen LogP contribution in [-0.2, 0) is 4.74 Å². The van der Waals surface area contributed by atoms with Crippen LogP contribution < -0.4 is 0 Å². The van der Waals surface area contributed by atoms with Crippen LogP contribution in [0.1, 0.15) is 6.42 Å². The molecule has 72 valence electrons. The predicted molar refractivity (Wildman–Crippen MR) is 45.0 cm³/mol. The Kier molecular flexibility index (Phi) is 4.53. The van der Waals surface area contributed by atoms with Gasteiger partial charge in [0, 0.05) is 25.7 Å². The van der Waals surface area contributed by atoms with Gasteiger partial charge in [0.15, 0.2) is 0 Å². The fourth-order valence-corrected chi connectivity index (χ4v) is 1.53. The molecule has 1 atom stereocenters. The molecule has 1 unspecified atom stereocenters. The van der Waals surface area contributed by atoms with Crippen molar-refractivity contribution in [3.63, 3.8) is 0 Å². The first kappa shape index (κ1) is 9.92. The topological polar surface area (TPSA) is 52.9 Å². The van der Waals surface area contributed by atoms with Crippen molar-refractivity contribution < 1.29 is 14.9 Å². The second-order valence-corrected chi connectivity index (χ2v) is 3.00. The van der Waals surface area contributed by atoms with Gasteiger partial charge in [-0.3, -0.25) is 4.90 Å². The number of rotatable bonds is 4. The first-order chi connectivity index (χ1) is 5.88. The highest BCUT2D eigenvalue weighted by molar-refractivity contribution is 4.74. The zero-order chi connectivity index (χ0) is 8.81. The zero-order valence-electron chi connectivity index (χ0n) is 7.28. The number of aliphatic hydroxyl groups is 2. The Morgan fingerprint density at radius 1 is 1.33 bits per heavy atom. The fourth-order valence-electron chi connectivity index (χ4n) is 1.53. The number of aliphatic hydroxyl groups excluding tert-OH is 2. The lowest BCUT2D eigenvalue weighted by Crippen LogP contribution is -2.46. The lowest BCUT2D eigenvalue weighted by atomic mass is 10.1. The van der Waals surface area contributed by atoms with E-state index in [2.05, 4.69) is 4.90 Å². The Hall–Kier alpha value is -0.160. The Morgan fingerprint density at radius 2 is 2.17 bits per heavy atom. The molecule has 1 heterocycles. The summed E-state index contributed by atoms with van der Waals surface area (Å²) in [4.78, 5) is 2.17. The van der Waals surface area contributed by atoms with Gasteiger partial charge >= 0.3 is 0 Å². The molecule has 0 aromatic heterocycles. The van der Waals surface area contributed by atoms with Gasteiger partial charge in [-0.05, 0) is 6.42 Å². The van der Waals surface area contributed by atoms with E-state index in [1.165, 1.54) is 0 Å². The minimum Gasteiger partial charge on any atom is -0.396 e. The molecular formula is C8H17NO3. The fraction of sp³-hybridized carbons (Fsp3) is 1.00. The average Bonchev–Trinajstić information content (AvgIpc) is 2.09. The monoisotopic (exact) mass is 175 g/mol. The number of hydrogen-bond donors (Lipinski definition) is 2. The summed E-state index contributed by atoms with van der Waals surface area (Å²) in [7, 11) is 0. The maximum atomic E-state index is 8.76. The van der Waals surface area contributed by atoms with Crippen molar-refractivity contribution in [1.82, 2.24) is 4.90 Å². The SMILES string of the molecule is OCCC1COCCN1CCO. The van der Waals surface area contributed by atoms with Crippen molar-refractivity contribution in [2.45, 2.75) is 12.5 Å². The summed E-state index contributed by atoms with van der Waals surface area (Å²) < 4.78 is 5.28. The van der Waals surface area contributed by atoms with E-state index in [-0.39, 0.29) is 19.3 Å². The Labute approximate surface area is 72.7 Å². The van der Waals surface area contributed by atoms with Crippen molar-refractivity contribution in [3.8, 4) is 0 Å². The largest absolute Gasteiger partial charge is 0.396 e. The van der Waals surface area contributed by atoms with E-state index in [4.69, 9.17) is 14.9 Å². The van der Waals surface area contributed by atoms with E-state index in [0.29, 0.717) is 13.2 Å². The molecule has 2 N–H and O–H groups in total. The molecule has 0 spiro atoms. The molecule has 1 aliphatic heterocycles. The molecule has 0 bridgehead atoms. The van der Waals surface area contributed by atoms with Crippen LogP contribution in [-0.4, -0.2) is 60.7 Å². The van der Waals surface area contributed by atoms with Crippen LogP contribution >= 0.6 is 0 Å². The van der Waals surface area contributed by atoms with Crippen molar-refractivity contribution in [2.75, 3.05) is 39.5 Å². The van der Waals surface area contributed by atoms with E-state index in [1.807, 2.05) is 0 Å². The summed E-state index contributed by atoms with van der Waals surface area (Å²) >= 11 is 0. The van der Waals surface area contributed by atoms with Crippen molar-refractivity contribution in [3.05, 3.63) is 0 Å². The molecule has 0 aromatic carbocycles. The van der Waals surface area contributed by atoms with Gasteiger partial charge in [0.25, 0.3) is 0 Å². The summed E-state index contributed by atoms with van der Waals surface area (Å²) in [6.07, 6.45) is 0.736. The van der Waals surface area contributed by atoms with Gasteiger partial charge in [0.1, 0.15) is 0 Å². The minimum absolute atomic E-state index is 0.182. The maximum absolute atomic E-state index is 8.76. The van der Waals surface area contributed by atoms with Gasteiger partial charge in [-0.2, -0.15) is 0 Å². The molecular weight excluding hydrogens is 158 g/mol. The van der Waals surface area contributed by atoms with E-state index in [0.717, 1.165) is 19.6 Å². The Bertz CT molecular complexity index is 103. The highest BCUT2D eigenvalue weighted by Crippen LogP contribution is 2.08. The van der Waals surface area contributed by atoms with Gasteiger partial charge in [0.2, 0.25) is 0 Å². The lowest BCUT2D eigenvalue weighted by molar-refractivity contribution is -0.0211. The number of ether oxygens (including phenoxy) is 1. The summed E-state index contributed by atoms with van der Waals surface area (Å²) in [5.74, 6) is 0. The van der Waals surface area contributed by atoms with Crippen LogP contribution in [0, 0.1) is 0 Å². The van der Waals surface area contributed by atoms with E-state index in [1.54, 1.807) is 0 Å². The second kappa shape index (κ2) is 5.48. The first-order valence-corrected chi connectivity index (χ1v) is 4.42. The molecule has 1 fully saturated rings. The van der Waals surface area contributed by atoms with Gasteiger partial charge in [-0.15, -0.1) is 0 Å². The van der Waals surface area contributed by atoms with Gasteiger partial charge in [-0.25, -0.2) is 0 Å². The van der Waals surface area contributed by atoms with Crippen LogP contribution in [0.25, 0.3) is 0 Å². The molecule has 0 amide bonds. The smallest absolute Gasteiger partial charge is 0.0623 e. The van der Waals surface area contributed by atoms with Crippen molar-refractivity contribution >= 4 is 0 Å². The second-order valence-electron chi connectivity index (χ2n) is 3.00. The molecule has 4 nitrogen and oxygen atoms in total. The van der Waals surface area contributed by atoms with Crippen LogP contribution in [0.4, 0.5) is 0 Å². The van der Waals surface area contributed by atoms with E-state index in [9.17, 15) is 0 Å². The maximum Gasteiger partial charge on any atom is 0.0623 e. The van der Waals surface area contributed by atoms with Crippen LogP contribution in [0.2, 0.25) is 0 Å². The number of morpholine rings is 1. The quantitative estimate of drug-likeness (QED) is 0.579. The molecule has 1 rings (SSSR count). The number of β-amino-alcohol motifs (C(OH)–C–C–N with tert-alkyl or cyclic N) is 1. The van der Waals surface area contributed by atoms with Crippen molar-refractivity contribution in [1.29, 1.82) is 0 Å². The predicted octanol–water partition coefficient (Wildman–Crippen LogP) is -0.938. The molecule has 0 saturated carbocycles. The molecule has 1 saturated heterocycles. The van der Waals surface area contributed by atoms with Crippen LogP contribution in [0.3, 0.4) is 0 Å². The van der Waals surface area contributed by atoms with Crippen LogP contribution in [0.15, 0.2) is 0 Å². The van der Waals surface area contributed by atoms with E-state index < -0.39 is 0 Å². The Morgan fingerprint density at radius 3 is 2.83 bits per heavy atom. The average molecular weight is 175 g/mol. The summed E-state index contributed by atoms with van der Waals surface area (Å²) in [6.45, 7) is 3.35. The molecule has 1 aliphatic rings. The highest BCUT2D eigenvalue weighted by atomic mass is 16.5. The molecule has 0 aromatic rings. The van der Waals surface area contributed by atoms with Gasteiger partial charge in [-0.1, -0.05) is 0 Å². The minimum atomic E-state index is 0.182. The molecule has 0 aliphatic carbocycles. The number of hydrogen-bond acceptors (Lipinski definition) is 4. The van der Waals surface area contributed by atoms with Gasteiger partial charge in [0.05, 0.1) is 19.8 Å².